The minimum atomic E-state index is -0.729. The maximum atomic E-state index is 13.6. The predicted octanol–water partition coefficient (Wildman–Crippen LogP) is 2.27. The van der Waals surface area contributed by atoms with Crippen LogP contribution in [0.1, 0.15) is 72.6 Å². The number of nitrogens with zero attached hydrogens (tertiary/aromatic N) is 2. The molecule has 8 nitrogen and oxygen atoms in total. The van der Waals surface area contributed by atoms with E-state index in [0.29, 0.717) is 6.04 Å². The van der Waals surface area contributed by atoms with Gasteiger partial charge in [-0.25, -0.2) is 4.79 Å². The lowest BCUT2D eigenvalue weighted by Gasteiger charge is -2.36. The molecule has 1 saturated carbocycles. The van der Waals surface area contributed by atoms with Gasteiger partial charge >= 0.3 is 6.09 Å². The molecule has 2 heterocycles. The summed E-state index contributed by atoms with van der Waals surface area (Å²) in [5.74, 6) is -0.112. The molecule has 0 aromatic rings. The van der Waals surface area contributed by atoms with Crippen molar-refractivity contribution in [1.82, 2.24) is 20.4 Å². The summed E-state index contributed by atoms with van der Waals surface area (Å²) < 4.78 is 5.39. The van der Waals surface area contributed by atoms with Crippen molar-refractivity contribution in [2.24, 2.45) is 5.92 Å². The molecule has 3 rings (SSSR count). The number of hydrogen-bond acceptors (Lipinski definition) is 5. The summed E-state index contributed by atoms with van der Waals surface area (Å²) in [6.45, 7) is 8.74. The Morgan fingerprint density at radius 1 is 1.10 bits per heavy atom. The Balaban J connectivity index is 1.70. The molecule has 3 aliphatic rings. The van der Waals surface area contributed by atoms with Gasteiger partial charge in [0.05, 0.1) is 0 Å². The van der Waals surface area contributed by atoms with Crippen LogP contribution in [-0.2, 0) is 14.3 Å². The fraction of sp³-hybridized carbons (Fsp3) is 0.870. The summed E-state index contributed by atoms with van der Waals surface area (Å²) in [6, 6.07) is -0.643. The molecule has 0 bridgehead atoms. The van der Waals surface area contributed by atoms with E-state index >= 15 is 0 Å². The zero-order valence-electron chi connectivity index (χ0n) is 19.8. The van der Waals surface area contributed by atoms with Crippen molar-refractivity contribution in [1.29, 1.82) is 0 Å². The number of carbonyl (C=O) groups excluding carboxylic acids is 3. The molecule has 176 valence electrons. The Hall–Kier alpha value is -1.83. The minimum Gasteiger partial charge on any atom is -0.444 e. The highest BCUT2D eigenvalue weighted by molar-refractivity contribution is 5.91. The molecule has 2 N–H and O–H groups in total. The normalized spacial score (nSPS) is 26.2. The van der Waals surface area contributed by atoms with E-state index in [1.165, 1.54) is 11.3 Å². The molecule has 0 aromatic carbocycles. The van der Waals surface area contributed by atoms with Crippen molar-refractivity contribution in [3.63, 3.8) is 0 Å². The Morgan fingerprint density at radius 2 is 1.77 bits per heavy atom. The van der Waals surface area contributed by atoms with Gasteiger partial charge in [-0.1, -0.05) is 19.3 Å². The van der Waals surface area contributed by atoms with Crippen LogP contribution in [0.15, 0.2) is 0 Å². The molecule has 3 fully saturated rings. The maximum Gasteiger partial charge on any atom is 0.410 e. The SMILES string of the molecule is C[C@@H](C(=O)NC(C(=O)N1CCC2NCCC21)C1CCCCC1)N(C)C(=O)OC(C)(C)C. The Kier molecular flexibility index (Phi) is 7.50. The molecule has 3 amide bonds. The molecule has 31 heavy (non-hydrogen) atoms. The van der Waals surface area contributed by atoms with Crippen molar-refractivity contribution in [2.75, 3.05) is 20.1 Å². The number of nitrogens with one attached hydrogen (secondary N) is 2. The van der Waals surface area contributed by atoms with Gasteiger partial charge in [-0.05, 0) is 65.8 Å². The van der Waals surface area contributed by atoms with Crippen LogP contribution in [-0.4, -0.2) is 77.6 Å². The minimum absolute atomic E-state index is 0.0450. The Bertz CT molecular complexity index is 671. The third-order valence-corrected chi connectivity index (χ3v) is 7.00. The van der Waals surface area contributed by atoms with Gasteiger partial charge in [-0.3, -0.25) is 14.5 Å². The molecule has 1 aliphatic carbocycles. The molecule has 2 aliphatic heterocycles. The second-order valence-electron chi connectivity index (χ2n) is 10.4. The second-order valence-corrected chi connectivity index (χ2v) is 10.4. The van der Waals surface area contributed by atoms with Crippen molar-refractivity contribution in [3.8, 4) is 0 Å². The van der Waals surface area contributed by atoms with Crippen LogP contribution in [0.2, 0.25) is 0 Å². The fourth-order valence-electron chi connectivity index (χ4n) is 5.11. The van der Waals surface area contributed by atoms with Crippen LogP contribution < -0.4 is 10.6 Å². The largest absolute Gasteiger partial charge is 0.444 e. The predicted molar refractivity (Wildman–Crippen MR) is 118 cm³/mol. The zero-order valence-corrected chi connectivity index (χ0v) is 19.8. The van der Waals surface area contributed by atoms with Crippen LogP contribution in [0.4, 0.5) is 4.79 Å². The molecule has 0 spiro atoms. The average molecular weight is 437 g/mol. The van der Waals surface area contributed by atoms with Crippen molar-refractivity contribution >= 4 is 17.9 Å². The summed E-state index contributed by atoms with van der Waals surface area (Å²) in [4.78, 5) is 42.4. The molecular weight excluding hydrogens is 396 g/mol. The number of amides is 3. The van der Waals surface area contributed by atoms with Crippen LogP contribution in [0.25, 0.3) is 0 Å². The standard InChI is InChI=1S/C23H40N4O4/c1-15(26(5)22(30)31-23(2,3)4)20(28)25-19(16-9-7-6-8-10-16)21(29)27-14-12-17-18(27)11-13-24-17/h15-19,24H,6-14H2,1-5H3,(H,25,28)/t15-,17?,18?,19?/m0/s1. The maximum absolute atomic E-state index is 13.6. The first-order valence-electron chi connectivity index (χ1n) is 11.9. The van der Waals surface area contributed by atoms with Crippen molar-refractivity contribution in [3.05, 3.63) is 0 Å². The van der Waals surface area contributed by atoms with Crippen LogP contribution in [0.5, 0.6) is 0 Å². The number of rotatable bonds is 5. The molecule has 0 radical (unpaired) electrons. The summed E-state index contributed by atoms with van der Waals surface area (Å²) in [7, 11) is 1.56. The highest BCUT2D eigenvalue weighted by Crippen LogP contribution is 2.31. The zero-order chi connectivity index (χ0) is 22.8. The highest BCUT2D eigenvalue weighted by Gasteiger charge is 2.44. The van der Waals surface area contributed by atoms with Gasteiger partial charge in [0.2, 0.25) is 11.8 Å². The van der Waals surface area contributed by atoms with E-state index < -0.39 is 23.8 Å². The Morgan fingerprint density at radius 3 is 2.42 bits per heavy atom. The fourth-order valence-corrected chi connectivity index (χ4v) is 5.11. The van der Waals surface area contributed by atoms with Gasteiger partial charge < -0.3 is 20.3 Å². The second kappa shape index (κ2) is 9.76. The van der Waals surface area contributed by atoms with Gasteiger partial charge in [-0.2, -0.15) is 0 Å². The van der Waals surface area contributed by atoms with E-state index in [1.807, 2.05) is 4.90 Å². The van der Waals surface area contributed by atoms with Gasteiger partial charge in [0, 0.05) is 25.7 Å². The topological polar surface area (TPSA) is 91.0 Å². The van der Waals surface area contributed by atoms with E-state index in [-0.39, 0.29) is 23.8 Å². The lowest BCUT2D eigenvalue weighted by atomic mass is 9.83. The van der Waals surface area contributed by atoms with Gasteiger partial charge in [0.25, 0.3) is 0 Å². The van der Waals surface area contributed by atoms with Crippen LogP contribution >= 0.6 is 0 Å². The summed E-state index contributed by atoms with van der Waals surface area (Å²) in [6.07, 6.45) is 6.66. The number of likely N-dealkylation sites (tertiary alicyclic amines) is 1. The molecule has 2 saturated heterocycles. The van der Waals surface area contributed by atoms with Crippen LogP contribution in [0, 0.1) is 5.92 Å². The molecule has 4 atom stereocenters. The molecule has 0 aromatic heterocycles. The molecular formula is C23H40N4O4. The van der Waals surface area contributed by atoms with Crippen LogP contribution in [0.3, 0.4) is 0 Å². The van der Waals surface area contributed by atoms with E-state index in [4.69, 9.17) is 4.74 Å². The number of hydrogen-bond donors (Lipinski definition) is 2. The van der Waals surface area contributed by atoms with Gasteiger partial charge in [0.15, 0.2) is 0 Å². The number of fused-ring (bicyclic) bond motifs is 1. The first kappa shape index (κ1) is 23.8. The average Bonchev–Trinajstić information content (AvgIpc) is 3.33. The van der Waals surface area contributed by atoms with E-state index in [0.717, 1.165) is 51.6 Å². The van der Waals surface area contributed by atoms with E-state index in [1.54, 1.807) is 34.7 Å². The summed E-state index contributed by atoms with van der Waals surface area (Å²) in [5, 5.41) is 6.53. The Labute approximate surface area is 186 Å². The van der Waals surface area contributed by atoms with E-state index in [2.05, 4.69) is 10.6 Å². The van der Waals surface area contributed by atoms with Crippen molar-refractivity contribution < 1.29 is 19.1 Å². The first-order chi connectivity index (χ1) is 14.6. The third kappa shape index (κ3) is 5.70. The number of carbonyl (C=O) groups is 3. The summed E-state index contributed by atoms with van der Waals surface area (Å²) >= 11 is 0. The smallest absolute Gasteiger partial charge is 0.410 e. The first-order valence-corrected chi connectivity index (χ1v) is 11.9. The molecule has 8 heteroatoms. The molecule has 3 unspecified atom stereocenters. The van der Waals surface area contributed by atoms with E-state index in [9.17, 15) is 14.4 Å². The monoisotopic (exact) mass is 436 g/mol. The lowest BCUT2D eigenvalue weighted by molar-refractivity contribution is -0.140. The number of ether oxygens (including phenoxy) is 1. The highest BCUT2D eigenvalue weighted by atomic mass is 16.6. The quantitative estimate of drug-likeness (QED) is 0.690. The number of likely N-dealkylation sites (N-methyl/N-ethyl adjacent to an activating group) is 1. The van der Waals surface area contributed by atoms with Gasteiger partial charge in [-0.15, -0.1) is 0 Å². The lowest BCUT2D eigenvalue weighted by Crippen LogP contribution is -2.57. The third-order valence-electron chi connectivity index (χ3n) is 7.00. The van der Waals surface area contributed by atoms with Gasteiger partial charge in [0.1, 0.15) is 17.7 Å². The summed E-state index contributed by atoms with van der Waals surface area (Å²) in [5.41, 5.74) is -0.635. The van der Waals surface area contributed by atoms with Crippen molar-refractivity contribution in [2.45, 2.75) is 102 Å².